The van der Waals surface area contributed by atoms with Crippen LogP contribution in [0.25, 0.3) is 0 Å². The number of hydrogen-bond donors (Lipinski definition) is 0. The maximum absolute atomic E-state index is 13.7. The molecule has 88 valence electrons. The van der Waals surface area contributed by atoms with E-state index in [9.17, 15) is 8.78 Å². The fourth-order valence-corrected chi connectivity index (χ4v) is 2.23. The van der Waals surface area contributed by atoms with Crippen LogP contribution < -0.4 is 0 Å². The number of rotatable bonds is 4. The summed E-state index contributed by atoms with van der Waals surface area (Å²) in [6, 6.07) is 3.23. The van der Waals surface area contributed by atoms with E-state index in [1.165, 1.54) is 12.1 Å². The summed E-state index contributed by atoms with van der Waals surface area (Å²) in [4.78, 5) is 2.12. The van der Waals surface area contributed by atoms with Gasteiger partial charge in [-0.2, -0.15) is 0 Å². The minimum Gasteiger partial charge on any atom is -0.296 e. The molecule has 1 aliphatic carbocycles. The van der Waals surface area contributed by atoms with E-state index in [0.717, 1.165) is 19.4 Å². The highest BCUT2D eigenvalue weighted by Gasteiger charge is 2.29. The first kappa shape index (κ1) is 12.0. The highest BCUT2D eigenvalue weighted by Crippen LogP contribution is 2.30. The van der Waals surface area contributed by atoms with Crippen molar-refractivity contribution in [2.24, 2.45) is 0 Å². The van der Waals surface area contributed by atoms with E-state index in [1.807, 2.05) is 6.92 Å². The third kappa shape index (κ3) is 2.43. The highest BCUT2D eigenvalue weighted by molar-refractivity contribution is 9.10. The van der Waals surface area contributed by atoms with Crippen molar-refractivity contribution >= 4 is 15.9 Å². The average molecular weight is 290 g/mol. The molecule has 0 unspecified atom stereocenters. The van der Waals surface area contributed by atoms with Crippen LogP contribution >= 0.6 is 15.9 Å². The SMILES string of the molecule is CCN(Cc1c(F)ccc(Br)c1F)C1CC1. The maximum atomic E-state index is 13.7. The highest BCUT2D eigenvalue weighted by atomic mass is 79.9. The summed E-state index contributed by atoms with van der Waals surface area (Å²) in [5.74, 6) is -0.932. The van der Waals surface area contributed by atoms with Gasteiger partial charge in [0.25, 0.3) is 0 Å². The van der Waals surface area contributed by atoms with Crippen molar-refractivity contribution in [1.29, 1.82) is 0 Å². The molecule has 0 bridgehead atoms. The smallest absolute Gasteiger partial charge is 0.144 e. The first-order chi connectivity index (χ1) is 7.63. The van der Waals surface area contributed by atoms with Gasteiger partial charge < -0.3 is 0 Å². The fraction of sp³-hybridized carbons (Fsp3) is 0.500. The number of halogens is 3. The van der Waals surface area contributed by atoms with E-state index in [0.29, 0.717) is 17.1 Å². The van der Waals surface area contributed by atoms with Gasteiger partial charge in [0, 0.05) is 18.2 Å². The Kier molecular flexibility index (Phi) is 3.60. The fourth-order valence-electron chi connectivity index (χ4n) is 1.86. The van der Waals surface area contributed by atoms with Gasteiger partial charge in [-0.15, -0.1) is 0 Å². The number of nitrogens with zero attached hydrogens (tertiary/aromatic N) is 1. The molecule has 0 saturated heterocycles. The van der Waals surface area contributed by atoms with E-state index >= 15 is 0 Å². The van der Waals surface area contributed by atoms with Crippen LogP contribution in [0.3, 0.4) is 0 Å². The molecular formula is C12H14BrF2N. The molecule has 0 N–H and O–H groups in total. The van der Waals surface area contributed by atoms with Crippen LogP contribution in [0.4, 0.5) is 8.78 Å². The zero-order chi connectivity index (χ0) is 11.7. The summed E-state index contributed by atoms with van der Waals surface area (Å²) >= 11 is 3.08. The summed E-state index contributed by atoms with van der Waals surface area (Å²) in [7, 11) is 0. The molecule has 0 heterocycles. The van der Waals surface area contributed by atoms with Gasteiger partial charge in [0.2, 0.25) is 0 Å². The molecule has 0 atom stereocenters. The lowest BCUT2D eigenvalue weighted by Crippen LogP contribution is -2.26. The van der Waals surface area contributed by atoms with Gasteiger partial charge in [0.15, 0.2) is 0 Å². The second kappa shape index (κ2) is 4.80. The molecule has 1 aromatic rings. The molecule has 0 radical (unpaired) electrons. The lowest BCUT2D eigenvalue weighted by molar-refractivity contribution is 0.260. The Morgan fingerprint density at radius 2 is 2.06 bits per heavy atom. The zero-order valence-corrected chi connectivity index (χ0v) is 10.7. The van der Waals surface area contributed by atoms with Crippen LogP contribution in [0.1, 0.15) is 25.3 Å². The molecular weight excluding hydrogens is 276 g/mol. The zero-order valence-electron chi connectivity index (χ0n) is 9.14. The topological polar surface area (TPSA) is 3.24 Å². The molecule has 16 heavy (non-hydrogen) atoms. The molecule has 1 saturated carbocycles. The van der Waals surface area contributed by atoms with E-state index < -0.39 is 11.6 Å². The average Bonchev–Trinajstić information content (AvgIpc) is 3.08. The van der Waals surface area contributed by atoms with E-state index in [-0.39, 0.29) is 5.56 Å². The minimum atomic E-state index is -0.473. The van der Waals surface area contributed by atoms with Crippen molar-refractivity contribution in [2.75, 3.05) is 6.54 Å². The molecule has 1 fully saturated rings. The quantitative estimate of drug-likeness (QED) is 0.764. The molecule has 0 aliphatic heterocycles. The van der Waals surface area contributed by atoms with E-state index in [2.05, 4.69) is 20.8 Å². The Balaban J connectivity index is 2.22. The molecule has 0 aromatic heterocycles. The lowest BCUT2D eigenvalue weighted by atomic mass is 10.2. The second-order valence-corrected chi connectivity index (χ2v) is 4.97. The maximum Gasteiger partial charge on any atom is 0.144 e. The largest absolute Gasteiger partial charge is 0.296 e. The van der Waals surface area contributed by atoms with Crippen LogP contribution in [0, 0.1) is 11.6 Å². The van der Waals surface area contributed by atoms with Crippen molar-refractivity contribution in [3.8, 4) is 0 Å². The monoisotopic (exact) mass is 289 g/mol. The summed E-state index contributed by atoms with van der Waals surface area (Å²) in [6.45, 7) is 3.21. The third-order valence-corrected chi connectivity index (χ3v) is 3.58. The van der Waals surface area contributed by atoms with Crippen LogP contribution in [0.15, 0.2) is 16.6 Å². The van der Waals surface area contributed by atoms with Gasteiger partial charge in [-0.05, 0) is 47.4 Å². The molecule has 0 amide bonds. The van der Waals surface area contributed by atoms with Gasteiger partial charge in [-0.1, -0.05) is 6.92 Å². The molecule has 1 nitrogen and oxygen atoms in total. The van der Waals surface area contributed by atoms with Gasteiger partial charge >= 0.3 is 0 Å². The van der Waals surface area contributed by atoms with Crippen molar-refractivity contribution in [3.63, 3.8) is 0 Å². The molecule has 4 heteroatoms. The predicted octanol–water partition coefficient (Wildman–Crippen LogP) is 3.71. The lowest BCUT2D eigenvalue weighted by Gasteiger charge is -2.20. The van der Waals surface area contributed by atoms with E-state index in [1.54, 1.807) is 0 Å². The van der Waals surface area contributed by atoms with Crippen molar-refractivity contribution in [3.05, 3.63) is 33.8 Å². The Labute approximate surface area is 103 Å². The predicted molar refractivity (Wildman–Crippen MR) is 63.2 cm³/mol. The molecule has 2 rings (SSSR count). The normalized spacial score (nSPS) is 15.8. The molecule has 1 aliphatic rings. The Bertz CT molecular complexity index is 391. The van der Waals surface area contributed by atoms with Crippen molar-refractivity contribution in [2.45, 2.75) is 32.4 Å². The molecule has 0 spiro atoms. The number of benzene rings is 1. The summed E-state index contributed by atoms with van der Waals surface area (Å²) < 4.78 is 27.6. The van der Waals surface area contributed by atoms with Gasteiger partial charge in [0.05, 0.1) is 4.47 Å². The summed E-state index contributed by atoms with van der Waals surface area (Å²) in [5, 5.41) is 0. The summed E-state index contributed by atoms with van der Waals surface area (Å²) in [5.41, 5.74) is 0.170. The first-order valence-corrected chi connectivity index (χ1v) is 6.29. The van der Waals surface area contributed by atoms with E-state index in [4.69, 9.17) is 0 Å². The summed E-state index contributed by atoms with van der Waals surface area (Å²) in [6.07, 6.45) is 2.29. The van der Waals surface area contributed by atoms with Crippen LogP contribution in [0.5, 0.6) is 0 Å². The van der Waals surface area contributed by atoms with Crippen LogP contribution in [-0.2, 0) is 6.54 Å². The van der Waals surface area contributed by atoms with Crippen molar-refractivity contribution in [1.82, 2.24) is 4.90 Å². The standard InChI is InChI=1S/C12H14BrF2N/c1-2-16(8-3-4-8)7-9-11(14)6-5-10(13)12(9)15/h5-6,8H,2-4,7H2,1H3. The van der Waals surface area contributed by atoms with Crippen LogP contribution in [0.2, 0.25) is 0 Å². The minimum absolute atomic E-state index is 0.170. The third-order valence-electron chi connectivity index (χ3n) is 2.97. The Morgan fingerprint density at radius 3 is 2.62 bits per heavy atom. The van der Waals surface area contributed by atoms with Gasteiger partial charge in [-0.25, -0.2) is 8.78 Å². The Hall–Kier alpha value is -0.480. The first-order valence-electron chi connectivity index (χ1n) is 5.50. The van der Waals surface area contributed by atoms with Gasteiger partial charge in [-0.3, -0.25) is 4.90 Å². The van der Waals surface area contributed by atoms with Gasteiger partial charge in [0.1, 0.15) is 11.6 Å². The molecule has 1 aromatic carbocycles. The van der Waals surface area contributed by atoms with Crippen LogP contribution in [-0.4, -0.2) is 17.5 Å². The second-order valence-electron chi connectivity index (χ2n) is 4.12. The number of hydrogen-bond acceptors (Lipinski definition) is 1. The Morgan fingerprint density at radius 1 is 1.38 bits per heavy atom. The van der Waals surface area contributed by atoms with Crippen molar-refractivity contribution < 1.29 is 8.78 Å².